The third-order valence-corrected chi connectivity index (χ3v) is 6.87. The minimum atomic E-state index is -3.53. The summed E-state index contributed by atoms with van der Waals surface area (Å²) in [6.07, 6.45) is 0. The monoisotopic (exact) mass is 462 g/mol. The van der Waals surface area contributed by atoms with Gasteiger partial charge in [-0.05, 0) is 42.5 Å². The van der Waals surface area contributed by atoms with Crippen molar-refractivity contribution in [2.45, 2.75) is 4.90 Å². The lowest BCUT2D eigenvalue weighted by molar-refractivity contribution is -0.117. The van der Waals surface area contributed by atoms with E-state index in [0.29, 0.717) is 37.4 Å². The van der Waals surface area contributed by atoms with Crippen LogP contribution < -0.4 is 5.32 Å². The molecule has 0 atom stereocenters. The van der Waals surface area contributed by atoms with Crippen molar-refractivity contribution in [1.82, 2.24) is 9.21 Å². The number of sulfonamides is 1. The first-order valence-electron chi connectivity index (χ1n) is 8.66. The van der Waals surface area contributed by atoms with Crippen molar-refractivity contribution in [3.8, 4) is 6.07 Å². The number of hydrogen-bond donors (Lipinski definition) is 1. The number of carbonyl (C=O) groups excluding carboxylic acids is 1. The van der Waals surface area contributed by atoms with Gasteiger partial charge < -0.3 is 5.32 Å². The van der Waals surface area contributed by atoms with Gasteiger partial charge in [0.05, 0.1) is 23.1 Å². The van der Waals surface area contributed by atoms with E-state index in [4.69, 9.17) is 5.26 Å². The smallest absolute Gasteiger partial charge is 0.243 e. The van der Waals surface area contributed by atoms with Gasteiger partial charge in [0.25, 0.3) is 0 Å². The van der Waals surface area contributed by atoms with Gasteiger partial charge in [0.15, 0.2) is 0 Å². The lowest BCUT2D eigenvalue weighted by Crippen LogP contribution is -2.50. The van der Waals surface area contributed by atoms with Gasteiger partial charge in [0.1, 0.15) is 0 Å². The fraction of sp³-hybridized carbons (Fsp3) is 0.263. The van der Waals surface area contributed by atoms with Crippen LogP contribution >= 0.6 is 15.9 Å². The third kappa shape index (κ3) is 4.97. The maximum Gasteiger partial charge on any atom is 0.243 e. The number of nitrogens with zero attached hydrogens (tertiary/aromatic N) is 3. The number of hydrogen-bond acceptors (Lipinski definition) is 5. The molecule has 9 heteroatoms. The Bertz CT molecular complexity index is 995. The molecule has 0 aliphatic carbocycles. The standard InChI is InChI=1S/C19H19BrN4O3S/c20-16-4-6-18(7-5-16)28(26,27)24-10-8-23(9-11-24)14-19(25)22-17-3-1-2-15(12-17)13-21/h1-7,12H,8-11,14H2,(H,22,25). The highest BCUT2D eigenvalue weighted by atomic mass is 79.9. The minimum absolute atomic E-state index is 0.170. The number of piperazine rings is 1. The molecular formula is C19H19BrN4O3S. The van der Waals surface area contributed by atoms with E-state index in [0.717, 1.165) is 4.47 Å². The van der Waals surface area contributed by atoms with Crippen LogP contribution in [0.15, 0.2) is 57.9 Å². The van der Waals surface area contributed by atoms with Crippen molar-refractivity contribution in [2.75, 3.05) is 38.0 Å². The minimum Gasteiger partial charge on any atom is -0.325 e. The van der Waals surface area contributed by atoms with Crippen molar-refractivity contribution >= 4 is 37.5 Å². The van der Waals surface area contributed by atoms with Crippen LogP contribution in [0.1, 0.15) is 5.56 Å². The zero-order valence-corrected chi connectivity index (χ0v) is 17.4. The Hall–Kier alpha value is -2.25. The van der Waals surface area contributed by atoms with Crippen LogP contribution in [0.2, 0.25) is 0 Å². The first-order valence-corrected chi connectivity index (χ1v) is 10.9. The highest BCUT2D eigenvalue weighted by Gasteiger charge is 2.29. The van der Waals surface area contributed by atoms with Crippen LogP contribution in [-0.4, -0.2) is 56.3 Å². The Balaban J connectivity index is 1.54. The molecule has 3 rings (SSSR count). The molecule has 2 aromatic rings. The summed E-state index contributed by atoms with van der Waals surface area (Å²) in [5, 5.41) is 11.7. The predicted octanol–water partition coefficient (Wildman–Crippen LogP) is 2.27. The maximum atomic E-state index is 12.7. The number of nitrogens with one attached hydrogen (secondary N) is 1. The molecule has 0 saturated carbocycles. The Morgan fingerprint density at radius 3 is 2.43 bits per heavy atom. The second-order valence-electron chi connectivity index (χ2n) is 6.37. The van der Waals surface area contributed by atoms with Crippen molar-refractivity contribution in [2.24, 2.45) is 0 Å². The van der Waals surface area contributed by atoms with Crippen LogP contribution in [0.4, 0.5) is 5.69 Å². The molecule has 0 bridgehead atoms. The summed E-state index contributed by atoms with van der Waals surface area (Å²) in [7, 11) is -3.53. The van der Waals surface area contributed by atoms with E-state index in [1.54, 1.807) is 48.5 Å². The molecule has 0 spiro atoms. The highest BCUT2D eigenvalue weighted by molar-refractivity contribution is 9.10. The van der Waals surface area contributed by atoms with E-state index in [1.165, 1.54) is 4.31 Å². The molecule has 146 valence electrons. The van der Waals surface area contributed by atoms with E-state index in [1.807, 2.05) is 11.0 Å². The molecule has 1 aliphatic rings. The largest absolute Gasteiger partial charge is 0.325 e. The maximum absolute atomic E-state index is 12.7. The molecule has 1 N–H and O–H groups in total. The molecule has 0 unspecified atom stereocenters. The first kappa shape index (κ1) is 20.5. The summed E-state index contributed by atoms with van der Waals surface area (Å²) in [6, 6.07) is 15.3. The van der Waals surface area contributed by atoms with Crippen molar-refractivity contribution in [3.05, 3.63) is 58.6 Å². The Morgan fingerprint density at radius 1 is 1.11 bits per heavy atom. The van der Waals surface area contributed by atoms with Gasteiger partial charge in [-0.25, -0.2) is 8.42 Å². The zero-order chi connectivity index (χ0) is 20.1. The van der Waals surface area contributed by atoms with E-state index < -0.39 is 10.0 Å². The average molecular weight is 463 g/mol. The third-order valence-electron chi connectivity index (χ3n) is 4.43. The molecule has 0 aromatic heterocycles. The molecule has 28 heavy (non-hydrogen) atoms. The van der Waals surface area contributed by atoms with Gasteiger partial charge in [0.2, 0.25) is 15.9 Å². The summed E-state index contributed by atoms with van der Waals surface area (Å²) >= 11 is 3.30. The van der Waals surface area contributed by atoms with Gasteiger partial charge in [-0.15, -0.1) is 0 Å². The number of anilines is 1. The molecule has 1 fully saturated rings. The van der Waals surface area contributed by atoms with Crippen LogP contribution in [0, 0.1) is 11.3 Å². The lowest BCUT2D eigenvalue weighted by atomic mass is 10.2. The van der Waals surface area contributed by atoms with Crippen LogP contribution in [0.3, 0.4) is 0 Å². The predicted molar refractivity (Wildman–Crippen MR) is 109 cm³/mol. The van der Waals surface area contributed by atoms with Gasteiger partial charge in [-0.3, -0.25) is 9.69 Å². The normalized spacial score (nSPS) is 15.7. The second-order valence-corrected chi connectivity index (χ2v) is 9.23. The Morgan fingerprint density at radius 2 is 1.79 bits per heavy atom. The van der Waals surface area contributed by atoms with Crippen LogP contribution in [0.5, 0.6) is 0 Å². The summed E-state index contributed by atoms with van der Waals surface area (Å²) in [4.78, 5) is 14.4. The van der Waals surface area contributed by atoms with Gasteiger partial charge in [0, 0.05) is 36.3 Å². The van der Waals surface area contributed by atoms with Gasteiger partial charge >= 0.3 is 0 Å². The summed E-state index contributed by atoms with van der Waals surface area (Å²) < 4.78 is 27.7. The zero-order valence-electron chi connectivity index (χ0n) is 15.0. The van der Waals surface area contributed by atoms with E-state index in [2.05, 4.69) is 21.2 Å². The molecule has 1 amide bonds. The average Bonchev–Trinajstić information content (AvgIpc) is 2.69. The van der Waals surface area contributed by atoms with Gasteiger partial charge in [-0.1, -0.05) is 22.0 Å². The van der Waals surface area contributed by atoms with Crippen molar-refractivity contribution in [3.63, 3.8) is 0 Å². The molecule has 7 nitrogen and oxygen atoms in total. The van der Waals surface area contributed by atoms with Crippen molar-refractivity contribution in [1.29, 1.82) is 5.26 Å². The van der Waals surface area contributed by atoms with Gasteiger partial charge in [-0.2, -0.15) is 9.57 Å². The molecule has 1 saturated heterocycles. The molecule has 1 heterocycles. The number of halogens is 1. The molecule has 1 aliphatic heterocycles. The molecular weight excluding hydrogens is 444 g/mol. The number of benzene rings is 2. The van der Waals surface area contributed by atoms with E-state index in [9.17, 15) is 13.2 Å². The number of nitriles is 1. The quantitative estimate of drug-likeness (QED) is 0.735. The van der Waals surface area contributed by atoms with Crippen molar-refractivity contribution < 1.29 is 13.2 Å². The van der Waals surface area contributed by atoms with E-state index in [-0.39, 0.29) is 17.3 Å². The van der Waals surface area contributed by atoms with Crippen LogP contribution in [0.25, 0.3) is 0 Å². The van der Waals surface area contributed by atoms with Crippen LogP contribution in [-0.2, 0) is 14.8 Å². The summed E-state index contributed by atoms with van der Waals surface area (Å²) in [5.74, 6) is -0.195. The Kier molecular flexibility index (Phi) is 6.46. The number of carbonyl (C=O) groups is 1. The highest BCUT2D eigenvalue weighted by Crippen LogP contribution is 2.20. The fourth-order valence-electron chi connectivity index (χ4n) is 2.95. The first-order chi connectivity index (χ1) is 13.4. The topological polar surface area (TPSA) is 93.5 Å². The molecule has 2 aromatic carbocycles. The lowest BCUT2D eigenvalue weighted by Gasteiger charge is -2.33. The van der Waals surface area contributed by atoms with E-state index >= 15 is 0 Å². The summed E-state index contributed by atoms with van der Waals surface area (Å²) in [6.45, 7) is 1.77. The molecule has 0 radical (unpaired) electrons. The second kappa shape index (κ2) is 8.84. The number of rotatable bonds is 5. The SMILES string of the molecule is N#Cc1cccc(NC(=O)CN2CCN(S(=O)(=O)c3ccc(Br)cc3)CC2)c1. The Labute approximate surface area is 172 Å². The fourth-order valence-corrected chi connectivity index (χ4v) is 4.64. The number of amides is 1. The summed E-state index contributed by atoms with van der Waals surface area (Å²) in [5.41, 5.74) is 1.05.